The van der Waals surface area contributed by atoms with Crippen LogP contribution in [-0.4, -0.2) is 9.97 Å². The lowest BCUT2D eigenvalue weighted by molar-refractivity contribution is 0.548. The summed E-state index contributed by atoms with van der Waals surface area (Å²) >= 11 is 5.13. The van der Waals surface area contributed by atoms with E-state index in [4.69, 9.17) is 5.84 Å². The molecule has 1 unspecified atom stereocenters. The third-order valence-corrected chi connectivity index (χ3v) is 4.31. The van der Waals surface area contributed by atoms with Gasteiger partial charge in [0.15, 0.2) is 0 Å². The summed E-state index contributed by atoms with van der Waals surface area (Å²) < 4.78 is 0.951. The maximum atomic E-state index is 5.63. The minimum atomic E-state index is 0.0277. The zero-order chi connectivity index (χ0) is 13.1. The van der Waals surface area contributed by atoms with Crippen LogP contribution in [0.4, 0.5) is 0 Å². The van der Waals surface area contributed by atoms with Crippen LogP contribution in [0.2, 0.25) is 0 Å². The first-order chi connectivity index (χ1) is 8.60. The van der Waals surface area contributed by atoms with Gasteiger partial charge in [0, 0.05) is 28.2 Å². The molecule has 0 amide bonds. The van der Waals surface area contributed by atoms with Gasteiger partial charge in [0.25, 0.3) is 0 Å². The second-order valence-corrected chi connectivity index (χ2v) is 6.31. The molecule has 2 aromatic rings. The third-order valence-electron chi connectivity index (χ3n) is 2.78. The van der Waals surface area contributed by atoms with E-state index in [9.17, 15) is 0 Å². The van der Waals surface area contributed by atoms with Crippen molar-refractivity contribution in [2.45, 2.75) is 26.3 Å². The summed E-state index contributed by atoms with van der Waals surface area (Å²) in [6.45, 7) is 4.11. The van der Waals surface area contributed by atoms with Crippen molar-refractivity contribution in [1.29, 1.82) is 0 Å². The molecule has 2 rings (SSSR count). The zero-order valence-corrected chi connectivity index (χ0v) is 12.7. The molecule has 4 nitrogen and oxygen atoms in total. The smallest absolute Gasteiger partial charge is 0.0950 e. The van der Waals surface area contributed by atoms with Crippen molar-refractivity contribution in [2.24, 2.45) is 5.84 Å². The summed E-state index contributed by atoms with van der Waals surface area (Å²) in [7, 11) is 0. The minimum Gasteiger partial charge on any atom is -0.271 e. The largest absolute Gasteiger partial charge is 0.271 e. The Morgan fingerprint density at radius 1 is 1.44 bits per heavy atom. The van der Waals surface area contributed by atoms with Crippen molar-refractivity contribution in [1.82, 2.24) is 15.4 Å². The average Bonchev–Trinajstić information content (AvgIpc) is 2.65. The normalized spacial score (nSPS) is 12.7. The van der Waals surface area contributed by atoms with E-state index in [2.05, 4.69) is 38.2 Å². The van der Waals surface area contributed by atoms with Gasteiger partial charge in [-0.3, -0.25) is 16.3 Å². The van der Waals surface area contributed by atoms with Crippen molar-refractivity contribution in [3.05, 3.63) is 44.1 Å². The number of pyridine rings is 1. The summed E-state index contributed by atoms with van der Waals surface area (Å²) in [6.07, 6.45) is 4.35. The number of thiazole rings is 1. The first-order valence-electron chi connectivity index (χ1n) is 5.59. The van der Waals surface area contributed by atoms with Crippen LogP contribution in [0.25, 0.3) is 0 Å². The molecule has 0 bridgehead atoms. The molecule has 0 aromatic carbocycles. The van der Waals surface area contributed by atoms with Gasteiger partial charge in [-0.05, 0) is 41.4 Å². The van der Waals surface area contributed by atoms with Crippen molar-refractivity contribution < 1.29 is 0 Å². The molecule has 0 saturated heterocycles. The van der Waals surface area contributed by atoms with E-state index in [1.807, 2.05) is 19.2 Å². The van der Waals surface area contributed by atoms with Crippen LogP contribution in [0.5, 0.6) is 0 Å². The third kappa shape index (κ3) is 3.14. The van der Waals surface area contributed by atoms with Crippen LogP contribution in [-0.2, 0) is 6.42 Å². The predicted octanol–water partition coefficient (Wildman–Crippen LogP) is 2.66. The van der Waals surface area contributed by atoms with Gasteiger partial charge in [0.1, 0.15) is 0 Å². The van der Waals surface area contributed by atoms with Crippen LogP contribution in [0.1, 0.15) is 27.2 Å². The molecule has 1 atom stereocenters. The number of nitrogens with one attached hydrogen (secondary N) is 1. The van der Waals surface area contributed by atoms with E-state index in [-0.39, 0.29) is 6.04 Å². The van der Waals surface area contributed by atoms with E-state index in [1.165, 1.54) is 4.88 Å². The predicted molar refractivity (Wildman–Crippen MR) is 77.3 cm³/mol. The van der Waals surface area contributed by atoms with E-state index >= 15 is 0 Å². The quantitative estimate of drug-likeness (QED) is 0.669. The van der Waals surface area contributed by atoms with Gasteiger partial charge in [-0.1, -0.05) is 0 Å². The summed E-state index contributed by atoms with van der Waals surface area (Å²) in [6, 6.07) is 2.05. The second kappa shape index (κ2) is 5.88. The summed E-state index contributed by atoms with van der Waals surface area (Å²) in [5.41, 5.74) is 4.98. The molecule has 2 heterocycles. The fourth-order valence-electron chi connectivity index (χ4n) is 1.69. The molecule has 0 saturated carbocycles. The van der Waals surface area contributed by atoms with Crippen LogP contribution < -0.4 is 11.3 Å². The van der Waals surface area contributed by atoms with Crippen molar-refractivity contribution in [3.63, 3.8) is 0 Å². The highest BCUT2D eigenvalue weighted by atomic mass is 79.9. The van der Waals surface area contributed by atoms with E-state index in [1.54, 1.807) is 17.5 Å². The maximum Gasteiger partial charge on any atom is 0.0950 e. The number of nitrogens with zero attached hydrogens (tertiary/aromatic N) is 2. The van der Waals surface area contributed by atoms with Crippen molar-refractivity contribution in [3.8, 4) is 0 Å². The minimum absolute atomic E-state index is 0.0277. The lowest BCUT2D eigenvalue weighted by Crippen LogP contribution is -2.29. The SMILES string of the molecule is Cc1nc(CC(NN)c2cncc(Br)c2)sc1C. The Morgan fingerprint density at radius 3 is 2.78 bits per heavy atom. The molecule has 0 fully saturated rings. The fourth-order valence-corrected chi connectivity index (χ4v) is 3.05. The van der Waals surface area contributed by atoms with Crippen molar-refractivity contribution >= 4 is 27.3 Å². The summed E-state index contributed by atoms with van der Waals surface area (Å²) in [5, 5.41) is 1.09. The highest BCUT2D eigenvalue weighted by molar-refractivity contribution is 9.10. The molecule has 96 valence electrons. The fraction of sp³-hybridized carbons (Fsp3) is 0.333. The molecule has 2 aromatic heterocycles. The standard InChI is InChI=1S/C12H15BrN4S/c1-7-8(2)18-12(16-7)4-11(17-14)9-3-10(13)6-15-5-9/h3,5-6,11,17H,4,14H2,1-2H3. The average molecular weight is 327 g/mol. The topological polar surface area (TPSA) is 63.8 Å². The Labute approximate surface area is 119 Å². The Bertz CT molecular complexity index is 521. The van der Waals surface area contributed by atoms with Gasteiger partial charge >= 0.3 is 0 Å². The first kappa shape index (κ1) is 13.6. The van der Waals surface area contributed by atoms with Gasteiger partial charge in [-0.2, -0.15) is 0 Å². The highest BCUT2D eigenvalue weighted by Gasteiger charge is 2.14. The second-order valence-electron chi connectivity index (χ2n) is 4.11. The Hall–Kier alpha value is -0.820. The highest BCUT2D eigenvalue weighted by Crippen LogP contribution is 2.24. The molecule has 18 heavy (non-hydrogen) atoms. The maximum absolute atomic E-state index is 5.63. The molecule has 0 aliphatic heterocycles. The van der Waals surface area contributed by atoms with Gasteiger partial charge in [-0.15, -0.1) is 11.3 Å². The number of hydrogen-bond donors (Lipinski definition) is 2. The van der Waals surface area contributed by atoms with Gasteiger partial charge < -0.3 is 0 Å². The van der Waals surface area contributed by atoms with Gasteiger partial charge in [0.2, 0.25) is 0 Å². The lowest BCUT2D eigenvalue weighted by Gasteiger charge is -2.14. The number of hydrogen-bond acceptors (Lipinski definition) is 5. The molecule has 0 aliphatic carbocycles. The summed E-state index contributed by atoms with van der Waals surface area (Å²) in [5.74, 6) is 5.63. The van der Waals surface area contributed by atoms with Crippen molar-refractivity contribution in [2.75, 3.05) is 0 Å². The molecule has 0 aliphatic rings. The number of rotatable bonds is 4. The van der Waals surface area contributed by atoms with Crippen LogP contribution >= 0.6 is 27.3 Å². The summed E-state index contributed by atoms with van der Waals surface area (Å²) in [4.78, 5) is 9.95. The first-order valence-corrected chi connectivity index (χ1v) is 7.20. The van der Waals surface area contributed by atoms with Crippen LogP contribution in [0, 0.1) is 13.8 Å². The number of hydrazine groups is 1. The Kier molecular flexibility index (Phi) is 4.45. The van der Waals surface area contributed by atoms with E-state index < -0.39 is 0 Å². The van der Waals surface area contributed by atoms with Gasteiger partial charge in [-0.25, -0.2) is 4.98 Å². The van der Waals surface area contributed by atoms with Crippen LogP contribution in [0.15, 0.2) is 22.9 Å². The molecule has 3 N–H and O–H groups in total. The number of nitrogens with two attached hydrogens (primary N) is 1. The van der Waals surface area contributed by atoms with Gasteiger partial charge in [0.05, 0.1) is 16.7 Å². The zero-order valence-electron chi connectivity index (χ0n) is 10.3. The molecule has 0 spiro atoms. The van der Waals surface area contributed by atoms with Crippen LogP contribution in [0.3, 0.4) is 0 Å². The lowest BCUT2D eigenvalue weighted by atomic mass is 10.1. The van der Waals surface area contributed by atoms with E-state index in [0.29, 0.717) is 0 Å². The Balaban J connectivity index is 2.19. The number of aryl methyl sites for hydroxylation is 2. The Morgan fingerprint density at radius 2 is 2.22 bits per heavy atom. The van der Waals surface area contributed by atoms with E-state index in [0.717, 1.165) is 27.2 Å². The molecule has 6 heteroatoms. The molecule has 0 radical (unpaired) electrons. The molecular formula is C12H15BrN4S. The monoisotopic (exact) mass is 326 g/mol. The number of halogens is 1. The number of aromatic nitrogens is 2. The molecular weight excluding hydrogens is 312 g/mol.